The highest BCUT2D eigenvalue weighted by Crippen LogP contribution is 2.19. The maximum atomic E-state index is 12.1. The standard InChI is InChI=1S/C14H17N3O3S/c1-8-12(9(2)17(4)16-8)15-13(18)10(3)20-14(19)11-6-5-7-21-11/h5-7,10H,1-4H3,(H,15,18)/t10-/m0/s1. The molecular formula is C14H17N3O3S. The number of esters is 1. The van der Waals surface area contributed by atoms with Gasteiger partial charge in [-0.2, -0.15) is 5.10 Å². The number of thiophene rings is 1. The highest BCUT2D eigenvalue weighted by molar-refractivity contribution is 7.11. The summed E-state index contributed by atoms with van der Waals surface area (Å²) >= 11 is 1.28. The van der Waals surface area contributed by atoms with E-state index in [1.165, 1.54) is 11.3 Å². The first-order valence-corrected chi connectivity index (χ1v) is 7.33. The van der Waals surface area contributed by atoms with E-state index in [9.17, 15) is 9.59 Å². The molecule has 2 aromatic rings. The number of carbonyl (C=O) groups excluding carboxylic acids is 2. The number of nitrogens with zero attached hydrogens (tertiary/aromatic N) is 2. The monoisotopic (exact) mass is 307 g/mol. The van der Waals surface area contributed by atoms with E-state index >= 15 is 0 Å². The topological polar surface area (TPSA) is 73.2 Å². The van der Waals surface area contributed by atoms with Crippen molar-refractivity contribution in [1.29, 1.82) is 0 Å². The van der Waals surface area contributed by atoms with E-state index in [0.29, 0.717) is 10.6 Å². The molecule has 2 aromatic heterocycles. The van der Waals surface area contributed by atoms with Crippen molar-refractivity contribution in [2.45, 2.75) is 26.9 Å². The zero-order valence-corrected chi connectivity index (χ0v) is 13.2. The number of hydrogen-bond donors (Lipinski definition) is 1. The molecule has 0 unspecified atom stereocenters. The summed E-state index contributed by atoms with van der Waals surface area (Å²) in [4.78, 5) is 24.4. The first-order chi connectivity index (χ1) is 9.90. The fourth-order valence-electron chi connectivity index (χ4n) is 1.85. The van der Waals surface area contributed by atoms with Crippen LogP contribution in [0.25, 0.3) is 0 Å². The highest BCUT2D eigenvalue weighted by Gasteiger charge is 2.21. The van der Waals surface area contributed by atoms with Crippen molar-refractivity contribution in [2.75, 3.05) is 5.32 Å². The number of ether oxygens (including phenoxy) is 1. The van der Waals surface area contributed by atoms with Crippen molar-refractivity contribution in [3.05, 3.63) is 33.8 Å². The lowest BCUT2D eigenvalue weighted by Crippen LogP contribution is -2.30. The molecule has 0 bridgehead atoms. The van der Waals surface area contributed by atoms with E-state index in [1.54, 1.807) is 36.2 Å². The third-order valence-electron chi connectivity index (χ3n) is 3.13. The van der Waals surface area contributed by atoms with Crippen molar-refractivity contribution in [2.24, 2.45) is 7.05 Å². The number of nitrogens with one attached hydrogen (secondary N) is 1. The van der Waals surface area contributed by atoms with E-state index in [4.69, 9.17) is 4.74 Å². The van der Waals surface area contributed by atoms with Crippen molar-refractivity contribution in [3.8, 4) is 0 Å². The number of aryl methyl sites for hydroxylation is 2. The number of amides is 1. The lowest BCUT2D eigenvalue weighted by Gasteiger charge is -2.13. The molecule has 0 saturated heterocycles. The smallest absolute Gasteiger partial charge is 0.349 e. The summed E-state index contributed by atoms with van der Waals surface area (Å²) in [5.41, 5.74) is 2.22. The van der Waals surface area contributed by atoms with Gasteiger partial charge in [-0.25, -0.2) is 4.79 Å². The molecule has 0 aromatic carbocycles. The van der Waals surface area contributed by atoms with E-state index in [2.05, 4.69) is 10.4 Å². The summed E-state index contributed by atoms with van der Waals surface area (Å²) in [7, 11) is 1.80. The van der Waals surface area contributed by atoms with Crippen LogP contribution in [0, 0.1) is 13.8 Å². The number of carbonyl (C=O) groups is 2. The Morgan fingerprint density at radius 1 is 1.43 bits per heavy atom. The van der Waals surface area contributed by atoms with E-state index in [0.717, 1.165) is 11.4 Å². The lowest BCUT2D eigenvalue weighted by molar-refractivity contribution is -0.123. The number of anilines is 1. The molecule has 0 radical (unpaired) electrons. The van der Waals surface area contributed by atoms with Gasteiger partial charge in [-0.15, -0.1) is 11.3 Å². The highest BCUT2D eigenvalue weighted by atomic mass is 32.1. The SMILES string of the molecule is Cc1nn(C)c(C)c1NC(=O)[C@H](C)OC(=O)c1cccs1. The first-order valence-electron chi connectivity index (χ1n) is 6.45. The van der Waals surface area contributed by atoms with Crippen LogP contribution in [0.5, 0.6) is 0 Å². The molecule has 0 saturated carbocycles. The Morgan fingerprint density at radius 3 is 2.67 bits per heavy atom. The molecule has 2 rings (SSSR count). The third-order valence-corrected chi connectivity index (χ3v) is 3.98. The van der Waals surface area contributed by atoms with Crippen LogP contribution in [0.15, 0.2) is 17.5 Å². The van der Waals surface area contributed by atoms with Gasteiger partial charge in [-0.05, 0) is 32.2 Å². The predicted octanol–water partition coefficient (Wildman–Crippen LogP) is 2.28. The summed E-state index contributed by atoms with van der Waals surface area (Å²) in [6, 6.07) is 3.42. The molecular weight excluding hydrogens is 290 g/mol. The molecule has 1 N–H and O–H groups in total. The van der Waals surface area contributed by atoms with E-state index in [-0.39, 0.29) is 5.91 Å². The van der Waals surface area contributed by atoms with Crippen LogP contribution in [-0.4, -0.2) is 27.8 Å². The number of aromatic nitrogens is 2. The van der Waals surface area contributed by atoms with Crippen molar-refractivity contribution >= 4 is 28.9 Å². The molecule has 6 nitrogen and oxygen atoms in total. The Labute approximate surface area is 126 Å². The second-order valence-electron chi connectivity index (χ2n) is 4.68. The normalized spacial score (nSPS) is 12.0. The fraction of sp³-hybridized carbons (Fsp3) is 0.357. The van der Waals surface area contributed by atoms with Crippen LogP contribution >= 0.6 is 11.3 Å². The summed E-state index contributed by atoms with van der Waals surface area (Å²) in [6.07, 6.45) is -0.876. The molecule has 1 amide bonds. The Kier molecular flexibility index (Phi) is 4.42. The first kappa shape index (κ1) is 15.2. The zero-order chi connectivity index (χ0) is 15.6. The number of rotatable bonds is 4. The molecule has 0 aliphatic carbocycles. The van der Waals surface area contributed by atoms with Gasteiger partial charge >= 0.3 is 5.97 Å². The summed E-state index contributed by atoms with van der Waals surface area (Å²) in [5.74, 6) is -0.869. The second-order valence-corrected chi connectivity index (χ2v) is 5.63. The molecule has 2 heterocycles. The van der Waals surface area contributed by atoms with Crippen LogP contribution in [0.2, 0.25) is 0 Å². The van der Waals surface area contributed by atoms with Gasteiger partial charge in [0.15, 0.2) is 6.10 Å². The molecule has 0 aliphatic heterocycles. The molecule has 7 heteroatoms. The predicted molar refractivity (Wildman–Crippen MR) is 80.5 cm³/mol. The third kappa shape index (κ3) is 3.30. The van der Waals surface area contributed by atoms with Gasteiger partial charge in [0.05, 0.1) is 17.1 Å². The molecule has 0 aliphatic rings. The summed E-state index contributed by atoms with van der Waals surface area (Å²) < 4.78 is 6.84. The van der Waals surface area contributed by atoms with Gasteiger partial charge in [0, 0.05) is 7.05 Å². The van der Waals surface area contributed by atoms with Gasteiger partial charge in [0.1, 0.15) is 4.88 Å². The average molecular weight is 307 g/mol. The Bertz CT molecular complexity index is 661. The maximum absolute atomic E-state index is 12.1. The Morgan fingerprint density at radius 2 is 2.14 bits per heavy atom. The van der Waals surface area contributed by atoms with Crippen LogP contribution < -0.4 is 5.32 Å². The zero-order valence-electron chi connectivity index (χ0n) is 12.3. The van der Waals surface area contributed by atoms with Gasteiger partial charge in [0.2, 0.25) is 0 Å². The van der Waals surface area contributed by atoms with E-state index < -0.39 is 12.1 Å². The lowest BCUT2D eigenvalue weighted by atomic mass is 10.3. The molecule has 0 fully saturated rings. The Hall–Kier alpha value is -2.15. The van der Waals surface area contributed by atoms with Crippen LogP contribution in [0.3, 0.4) is 0 Å². The molecule has 112 valence electrons. The maximum Gasteiger partial charge on any atom is 0.349 e. The molecule has 0 spiro atoms. The minimum absolute atomic E-state index is 0.376. The largest absolute Gasteiger partial charge is 0.448 e. The van der Waals surface area contributed by atoms with Crippen LogP contribution in [-0.2, 0) is 16.6 Å². The van der Waals surface area contributed by atoms with Crippen molar-refractivity contribution < 1.29 is 14.3 Å². The average Bonchev–Trinajstić information content (AvgIpc) is 3.03. The molecule has 1 atom stereocenters. The van der Waals surface area contributed by atoms with Crippen molar-refractivity contribution in [3.63, 3.8) is 0 Å². The molecule has 21 heavy (non-hydrogen) atoms. The fourth-order valence-corrected chi connectivity index (χ4v) is 2.45. The summed E-state index contributed by atoms with van der Waals surface area (Å²) in [6.45, 7) is 5.21. The van der Waals surface area contributed by atoms with Gasteiger partial charge in [-0.1, -0.05) is 6.07 Å². The van der Waals surface area contributed by atoms with Crippen LogP contribution in [0.4, 0.5) is 5.69 Å². The van der Waals surface area contributed by atoms with Gasteiger partial charge < -0.3 is 10.1 Å². The van der Waals surface area contributed by atoms with Crippen molar-refractivity contribution in [1.82, 2.24) is 9.78 Å². The van der Waals surface area contributed by atoms with Gasteiger partial charge in [0.25, 0.3) is 5.91 Å². The quantitative estimate of drug-likeness (QED) is 0.880. The number of hydrogen-bond acceptors (Lipinski definition) is 5. The minimum atomic E-state index is -0.876. The minimum Gasteiger partial charge on any atom is -0.448 e. The summed E-state index contributed by atoms with van der Waals surface area (Å²) in [5, 5.41) is 8.76. The Balaban J connectivity index is 2.01. The van der Waals surface area contributed by atoms with E-state index in [1.807, 2.05) is 13.8 Å². The second kappa shape index (κ2) is 6.09. The van der Waals surface area contributed by atoms with Crippen LogP contribution in [0.1, 0.15) is 28.0 Å². The van der Waals surface area contributed by atoms with Gasteiger partial charge in [-0.3, -0.25) is 9.48 Å².